The van der Waals surface area contributed by atoms with Crippen molar-refractivity contribution in [2.75, 3.05) is 81.1 Å². The zero-order valence-electron chi connectivity index (χ0n) is 26.3. The summed E-state index contributed by atoms with van der Waals surface area (Å²) in [7, 11) is 9.78. The van der Waals surface area contributed by atoms with E-state index in [-0.39, 0.29) is 30.5 Å². The van der Waals surface area contributed by atoms with E-state index in [2.05, 4.69) is 47.8 Å². The summed E-state index contributed by atoms with van der Waals surface area (Å²) in [5, 5.41) is 0. The maximum absolute atomic E-state index is 13.9. The normalized spacial score (nSPS) is 16.2. The number of amides is 1. The van der Waals surface area contributed by atoms with Crippen molar-refractivity contribution >= 4 is 5.91 Å². The number of hydrogen-bond donors (Lipinski definition) is 0. The second kappa shape index (κ2) is 15.6. The molecule has 44 heavy (non-hydrogen) atoms. The number of benzene rings is 2. The van der Waals surface area contributed by atoms with E-state index in [1.165, 1.54) is 4.90 Å². The lowest BCUT2D eigenvalue weighted by atomic mass is 9.97. The van der Waals surface area contributed by atoms with Crippen molar-refractivity contribution in [3.05, 3.63) is 70.8 Å². The van der Waals surface area contributed by atoms with Gasteiger partial charge in [0.25, 0.3) is 0 Å². The molecular formula is C32H45F6N5O. The van der Waals surface area contributed by atoms with Gasteiger partial charge in [-0.05, 0) is 76.8 Å². The van der Waals surface area contributed by atoms with Crippen LogP contribution in [0.25, 0.3) is 0 Å². The molecule has 2 aromatic rings. The predicted molar refractivity (Wildman–Crippen MR) is 160 cm³/mol. The Kier molecular flexibility index (Phi) is 12.7. The summed E-state index contributed by atoms with van der Waals surface area (Å²) in [5.74, 6) is -0.241. The number of likely N-dealkylation sites (N-methyl/N-ethyl adjacent to an activating group) is 3. The molecule has 0 N–H and O–H groups in total. The molecule has 2 aromatic carbocycles. The van der Waals surface area contributed by atoms with Crippen LogP contribution in [-0.4, -0.2) is 118 Å². The molecule has 3 rings (SSSR count). The van der Waals surface area contributed by atoms with E-state index in [1.54, 1.807) is 7.05 Å². The van der Waals surface area contributed by atoms with Crippen LogP contribution in [0.2, 0.25) is 0 Å². The molecule has 246 valence electrons. The minimum atomic E-state index is -4.92. The van der Waals surface area contributed by atoms with Crippen molar-refractivity contribution in [1.29, 1.82) is 0 Å². The lowest BCUT2D eigenvalue weighted by Gasteiger charge is -2.42. The molecule has 0 spiro atoms. The molecule has 1 saturated heterocycles. The van der Waals surface area contributed by atoms with Gasteiger partial charge in [-0.15, -0.1) is 0 Å². The van der Waals surface area contributed by atoms with Gasteiger partial charge in [0, 0.05) is 58.9 Å². The number of halogens is 6. The Balaban J connectivity index is 1.75. The first-order chi connectivity index (χ1) is 20.6. The van der Waals surface area contributed by atoms with Crippen molar-refractivity contribution in [2.24, 2.45) is 0 Å². The predicted octanol–water partition coefficient (Wildman–Crippen LogP) is 5.36. The van der Waals surface area contributed by atoms with Crippen molar-refractivity contribution < 1.29 is 31.1 Å². The van der Waals surface area contributed by atoms with Crippen LogP contribution in [0, 0.1) is 0 Å². The molecule has 0 bridgehead atoms. The minimum absolute atomic E-state index is 0.0277. The number of likely N-dealkylation sites (tertiary alicyclic amines) is 1. The standard InChI is InChI=1S/C32H45F6N5O/c1-39(2)17-19-42(20-18-40(3)4)28-12-15-43(16-13-28)29(25-9-7-6-8-10-25)30(44)41(5)14-11-24-21-26(31(33,34)35)23-27(22-24)32(36,37)38/h6-10,21-23,28-29H,11-20H2,1-5H3. The zero-order chi connectivity index (χ0) is 32.7. The summed E-state index contributed by atoms with van der Waals surface area (Å²) in [6, 6.07) is 10.7. The number of carbonyl (C=O) groups is 1. The van der Waals surface area contributed by atoms with E-state index >= 15 is 0 Å². The Bertz CT molecular complexity index is 1140. The number of rotatable bonds is 13. The van der Waals surface area contributed by atoms with Gasteiger partial charge >= 0.3 is 12.4 Å². The average molecular weight is 630 g/mol. The molecule has 0 aliphatic carbocycles. The monoisotopic (exact) mass is 629 g/mol. The van der Waals surface area contributed by atoms with E-state index < -0.39 is 29.5 Å². The number of piperidine rings is 1. The van der Waals surface area contributed by atoms with Gasteiger partial charge in [0.1, 0.15) is 6.04 Å². The molecule has 1 amide bonds. The molecule has 0 saturated carbocycles. The van der Waals surface area contributed by atoms with Crippen LogP contribution in [0.1, 0.15) is 41.1 Å². The van der Waals surface area contributed by atoms with Gasteiger partial charge in [-0.3, -0.25) is 14.6 Å². The highest BCUT2D eigenvalue weighted by atomic mass is 19.4. The van der Waals surface area contributed by atoms with Crippen LogP contribution in [0.5, 0.6) is 0 Å². The summed E-state index contributed by atoms with van der Waals surface area (Å²) in [6.45, 7) is 5.13. The molecular weight excluding hydrogens is 584 g/mol. The molecule has 6 nitrogen and oxygen atoms in total. The van der Waals surface area contributed by atoms with Crippen molar-refractivity contribution in [1.82, 2.24) is 24.5 Å². The Hall–Kier alpha value is -2.67. The van der Waals surface area contributed by atoms with Gasteiger partial charge in [0.15, 0.2) is 0 Å². The van der Waals surface area contributed by atoms with E-state index in [0.29, 0.717) is 19.1 Å². The van der Waals surface area contributed by atoms with Gasteiger partial charge < -0.3 is 14.7 Å². The lowest BCUT2D eigenvalue weighted by Crippen LogP contribution is -2.51. The van der Waals surface area contributed by atoms with E-state index in [0.717, 1.165) is 56.7 Å². The third kappa shape index (κ3) is 10.5. The zero-order valence-corrected chi connectivity index (χ0v) is 26.3. The van der Waals surface area contributed by atoms with Crippen LogP contribution < -0.4 is 0 Å². The maximum atomic E-state index is 13.9. The van der Waals surface area contributed by atoms with E-state index in [1.807, 2.05) is 30.3 Å². The lowest BCUT2D eigenvalue weighted by molar-refractivity contribution is -0.143. The van der Waals surface area contributed by atoms with Crippen LogP contribution in [0.3, 0.4) is 0 Å². The highest BCUT2D eigenvalue weighted by Gasteiger charge is 2.37. The fraction of sp³-hybridized carbons (Fsp3) is 0.594. The fourth-order valence-electron chi connectivity index (χ4n) is 5.57. The van der Waals surface area contributed by atoms with Crippen molar-refractivity contribution in [2.45, 2.75) is 43.7 Å². The molecule has 0 radical (unpaired) electrons. The number of nitrogens with zero attached hydrogens (tertiary/aromatic N) is 5. The number of hydrogen-bond acceptors (Lipinski definition) is 5. The summed E-state index contributed by atoms with van der Waals surface area (Å²) >= 11 is 0. The Labute approximate surface area is 257 Å². The van der Waals surface area contributed by atoms with Gasteiger partial charge in [0.05, 0.1) is 11.1 Å². The van der Waals surface area contributed by atoms with Crippen LogP contribution >= 0.6 is 0 Å². The number of alkyl halides is 6. The quantitative estimate of drug-likeness (QED) is 0.279. The summed E-state index contributed by atoms with van der Waals surface area (Å²) in [4.78, 5) is 24.3. The second-order valence-electron chi connectivity index (χ2n) is 12.1. The molecule has 1 aliphatic rings. The van der Waals surface area contributed by atoms with Gasteiger partial charge in [-0.25, -0.2) is 0 Å². The molecule has 1 unspecified atom stereocenters. The van der Waals surface area contributed by atoms with Crippen molar-refractivity contribution in [3.8, 4) is 0 Å². The Morgan fingerprint density at radius 1 is 0.773 bits per heavy atom. The van der Waals surface area contributed by atoms with Gasteiger partial charge in [0.2, 0.25) is 5.91 Å². The molecule has 12 heteroatoms. The molecule has 1 atom stereocenters. The van der Waals surface area contributed by atoms with E-state index in [9.17, 15) is 31.1 Å². The first-order valence-corrected chi connectivity index (χ1v) is 14.9. The van der Waals surface area contributed by atoms with Gasteiger partial charge in [-0.1, -0.05) is 30.3 Å². The second-order valence-corrected chi connectivity index (χ2v) is 12.1. The molecule has 1 heterocycles. The average Bonchev–Trinajstić information content (AvgIpc) is 2.95. The molecule has 0 aromatic heterocycles. The maximum Gasteiger partial charge on any atom is 0.416 e. The third-order valence-electron chi connectivity index (χ3n) is 8.16. The molecule has 1 fully saturated rings. The summed E-state index contributed by atoms with van der Waals surface area (Å²) in [5.41, 5.74) is -2.03. The minimum Gasteiger partial charge on any atom is -0.344 e. The first-order valence-electron chi connectivity index (χ1n) is 14.9. The topological polar surface area (TPSA) is 33.3 Å². The summed E-state index contributed by atoms with van der Waals surface area (Å²) < 4.78 is 80.1. The van der Waals surface area contributed by atoms with Gasteiger partial charge in [-0.2, -0.15) is 26.3 Å². The first kappa shape index (κ1) is 35.8. The Morgan fingerprint density at radius 3 is 1.73 bits per heavy atom. The third-order valence-corrected chi connectivity index (χ3v) is 8.16. The Morgan fingerprint density at radius 2 is 1.27 bits per heavy atom. The largest absolute Gasteiger partial charge is 0.416 e. The highest BCUT2D eigenvalue weighted by molar-refractivity contribution is 5.83. The van der Waals surface area contributed by atoms with Crippen LogP contribution in [-0.2, 0) is 23.6 Å². The fourth-order valence-corrected chi connectivity index (χ4v) is 5.57. The highest BCUT2D eigenvalue weighted by Crippen LogP contribution is 2.36. The number of carbonyl (C=O) groups excluding carboxylic acids is 1. The smallest absolute Gasteiger partial charge is 0.344 e. The summed E-state index contributed by atoms with van der Waals surface area (Å²) in [6.07, 6.45) is -8.23. The molecule has 1 aliphatic heterocycles. The SMILES string of the molecule is CN(C)CCN(CCN(C)C)C1CCN(C(C(=O)N(C)CCc2cc(C(F)(F)F)cc(C(F)(F)F)c2)c2ccccc2)CC1. The van der Waals surface area contributed by atoms with Crippen LogP contribution in [0.4, 0.5) is 26.3 Å². The van der Waals surface area contributed by atoms with Crippen LogP contribution in [0.15, 0.2) is 48.5 Å². The van der Waals surface area contributed by atoms with E-state index in [4.69, 9.17) is 0 Å². The van der Waals surface area contributed by atoms with Crippen molar-refractivity contribution in [3.63, 3.8) is 0 Å².